The van der Waals surface area contributed by atoms with E-state index in [-0.39, 0.29) is 18.0 Å². The van der Waals surface area contributed by atoms with Crippen LogP contribution in [0.5, 0.6) is 0 Å². The molecular formula is C12H18N2O2. The molecule has 1 aromatic heterocycles. The molecule has 0 aliphatic heterocycles. The summed E-state index contributed by atoms with van der Waals surface area (Å²) in [5, 5.41) is 2.78. The molecule has 0 atom stereocenters. The summed E-state index contributed by atoms with van der Waals surface area (Å²) in [6.45, 7) is 4.59. The first-order valence-electron chi connectivity index (χ1n) is 5.58. The molecule has 1 N–H and O–H groups in total. The minimum atomic E-state index is -0.110. The molecule has 1 heterocycles. The fourth-order valence-corrected chi connectivity index (χ4v) is 1.40. The van der Waals surface area contributed by atoms with Gasteiger partial charge in [-0.1, -0.05) is 19.4 Å². The number of pyridine rings is 1. The Morgan fingerprint density at radius 2 is 2.25 bits per heavy atom. The van der Waals surface area contributed by atoms with Gasteiger partial charge in [-0.3, -0.25) is 9.59 Å². The summed E-state index contributed by atoms with van der Waals surface area (Å²) < 4.78 is 1.43. The van der Waals surface area contributed by atoms with Crippen LogP contribution in [0.1, 0.15) is 25.3 Å². The molecule has 0 aliphatic carbocycles. The zero-order valence-electron chi connectivity index (χ0n) is 9.82. The summed E-state index contributed by atoms with van der Waals surface area (Å²) in [6, 6.07) is 3.52. The lowest BCUT2D eigenvalue weighted by Crippen LogP contribution is -2.33. The first kappa shape index (κ1) is 12.5. The van der Waals surface area contributed by atoms with E-state index in [1.165, 1.54) is 4.57 Å². The molecule has 0 saturated heterocycles. The monoisotopic (exact) mass is 222 g/mol. The lowest BCUT2D eigenvalue weighted by Gasteiger charge is -2.07. The summed E-state index contributed by atoms with van der Waals surface area (Å²) in [4.78, 5) is 23.1. The van der Waals surface area contributed by atoms with E-state index in [1.54, 1.807) is 25.3 Å². The maximum absolute atomic E-state index is 11.6. The number of aryl methyl sites for hydroxylation is 1. The van der Waals surface area contributed by atoms with Crippen molar-refractivity contribution in [2.24, 2.45) is 0 Å². The number of nitrogens with one attached hydrogen (secondary N) is 1. The Morgan fingerprint density at radius 3 is 2.94 bits per heavy atom. The van der Waals surface area contributed by atoms with E-state index in [2.05, 4.69) is 12.2 Å². The van der Waals surface area contributed by atoms with Crippen LogP contribution in [0.3, 0.4) is 0 Å². The SMILES string of the molecule is CCCCNC(=O)Cn1cccc(C)c1=O. The van der Waals surface area contributed by atoms with Crippen molar-refractivity contribution in [3.05, 3.63) is 34.2 Å². The van der Waals surface area contributed by atoms with E-state index in [0.29, 0.717) is 12.1 Å². The average molecular weight is 222 g/mol. The molecule has 0 aromatic carbocycles. The van der Waals surface area contributed by atoms with Crippen molar-refractivity contribution in [2.45, 2.75) is 33.2 Å². The molecule has 0 fully saturated rings. The lowest BCUT2D eigenvalue weighted by atomic mass is 10.3. The summed E-state index contributed by atoms with van der Waals surface area (Å²) in [6.07, 6.45) is 3.65. The van der Waals surface area contributed by atoms with Gasteiger partial charge in [0.2, 0.25) is 5.91 Å². The molecule has 0 bridgehead atoms. The second-order valence-electron chi connectivity index (χ2n) is 3.83. The van der Waals surface area contributed by atoms with E-state index >= 15 is 0 Å². The molecule has 1 amide bonds. The maximum atomic E-state index is 11.6. The van der Waals surface area contributed by atoms with Gasteiger partial charge < -0.3 is 9.88 Å². The Morgan fingerprint density at radius 1 is 1.50 bits per heavy atom. The van der Waals surface area contributed by atoms with Crippen LogP contribution in [-0.4, -0.2) is 17.0 Å². The third kappa shape index (κ3) is 3.53. The van der Waals surface area contributed by atoms with Crippen molar-refractivity contribution in [3.8, 4) is 0 Å². The van der Waals surface area contributed by atoms with Crippen LogP contribution in [-0.2, 0) is 11.3 Å². The number of nitrogens with zero attached hydrogens (tertiary/aromatic N) is 1. The highest BCUT2D eigenvalue weighted by Gasteiger charge is 2.04. The largest absolute Gasteiger partial charge is 0.355 e. The Labute approximate surface area is 95.3 Å². The van der Waals surface area contributed by atoms with Crippen molar-refractivity contribution in [1.29, 1.82) is 0 Å². The first-order valence-corrected chi connectivity index (χ1v) is 5.58. The second kappa shape index (κ2) is 6.10. The van der Waals surface area contributed by atoms with Crippen LogP contribution in [0.2, 0.25) is 0 Å². The van der Waals surface area contributed by atoms with Gasteiger partial charge >= 0.3 is 0 Å². The molecule has 4 heteroatoms. The number of unbranched alkanes of at least 4 members (excludes halogenated alkanes) is 1. The Kier molecular flexibility index (Phi) is 4.76. The Bertz CT molecular complexity index is 410. The highest BCUT2D eigenvalue weighted by Crippen LogP contribution is 1.89. The van der Waals surface area contributed by atoms with Crippen molar-refractivity contribution in [1.82, 2.24) is 9.88 Å². The highest BCUT2D eigenvalue weighted by molar-refractivity contribution is 5.75. The summed E-state index contributed by atoms with van der Waals surface area (Å²) >= 11 is 0. The molecular weight excluding hydrogens is 204 g/mol. The summed E-state index contributed by atoms with van der Waals surface area (Å²) in [5.74, 6) is -0.110. The second-order valence-corrected chi connectivity index (χ2v) is 3.83. The molecule has 0 unspecified atom stereocenters. The molecule has 0 spiro atoms. The standard InChI is InChI=1S/C12H18N2O2/c1-3-4-7-13-11(15)9-14-8-5-6-10(2)12(14)16/h5-6,8H,3-4,7,9H2,1-2H3,(H,13,15). The van der Waals surface area contributed by atoms with Gasteiger partial charge in [0.25, 0.3) is 5.56 Å². The number of aromatic nitrogens is 1. The van der Waals surface area contributed by atoms with Gasteiger partial charge in [0.05, 0.1) is 0 Å². The number of carbonyl (C=O) groups excluding carboxylic acids is 1. The topological polar surface area (TPSA) is 51.1 Å². The number of hydrogen-bond donors (Lipinski definition) is 1. The zero-order chi connectivity index (χ0) is 12.0. The summed E-state index contributed by atoms with van der Waals surface area (Å²) in [5.41, 5.74) is 0.553. The maximum Gasteiger partial charge on any atom is 0.253 e. The molecule has 88 valence electrons. The van der Waals surface area contributed by atoms with E-state index in [0.717, 1.165) is 12.8 Å². The van der Waals surface area contributed by atoms with Crippen molar-refractivity contribution >= 4 is 5.91 Å². The smallest absolute Gasteiger partial charge is 0.253 e. The number of amides is 1. The molecule has 0 aliphatic rings. The van der Waals surface area contributed by atoms with E-state index in [9.17, 15) is 9.59 Å². The molecule has 1 rings (SSSR count). The van der Waals surface area contributed by atoms with Crippen LogP contribution in [0.15, 0.2) is 23.1 Å². The molecule has 1 aromatic rings. The minimum absolute atomic E-state index is 0.101. The number of hydrogen-bond acceptors (Lipinski definition) is 2. The number of carbonyl (C=O) groups is 1. The van der Waals surface area contributed by atoms with E-state index in [4.69, 9.17) is 0 Å². The van der Waals surface area contributed by atoms with Gasteiger partial charge in [0.15, 0.2) is 0 Å². The van der Waals surface area contributed by atoms with Crippen LogP contribution in [0.4, 0.5) is 0 Å². The van der Waals surface area contributed by atoms with Gasteiger partial charge in [-0.05, 0) is 19.4 Å². The zero-order valence-corrected chi connectivity index (χ0v) is 9.82. The lowest BCUT2D eigenvalue weighted by molar-refractivity contribution is -0.121. The van der Waals surface area contributed by atoms with Crippen LogP contribution >= 0.6 is 0 Å². The highest BCUT2D eigenvalue weighted by atomic mass is 16.2. The predicted octanol–water partition coefficient (Wildman–Crippen LogP) is 1.07. The minimum Gasteiger partial charge on any atom is -0.355 e. The molecule has 4 nitrogen and oxygen atoms in total. The van der Waals surface area contributed by atoms with E-state index < -0.39 is 0 Å². The van der Waals surface area contributed by atoms with Gasteiger partial charge in [-0.25, -0.2) is 0 Å². The average Bonchev–Trinajstić information content (AvgIpc) is 2.25. The van der Waals surface area contributed by atoms with Gasteiger partial charge in [-0.15, -0.1) is 0 Å². The Balaban J connectivity index is 2.56. The third-order valence-corrected chi connectivity index (χ3v) is 2.38. The normalized spacial score (nSPS) is 10.1. The summed E-state index contributed by atoms with van der Waals surface area (Å²) in [7, 11) is 0. The fraction of sp³-hybridized carbons (Fsp3) is 0.500. The Hall–Kier alpha value is -1.58. The fourth-order valence-electron chi connectivity index (χ4n) is 1.40. The molecule has 0 saturated carbocycles. The van der Waals surface area contributed by atoms with Gasteiger partial charge in [0, 0.05) is 18.3 Å². The van der Waals surface area contributed by atoms with Crippen molar-refractivity contribution in [3.63, 3.8) is 0 Å². The third-order valence-electron chi connectivity index (χ3n) is 2.38. The molecule has 16 heavy (non-hydrogen) atoms. The number of rotatable bonds is 5. The molecule has 0 radical (unpaired) electrons. The van der Waals surface area contributed by atoms with E-state index in [1.807, 2.05) is 0 Å². The van der Waals surface area contributed by atoms with Gasteiger partial charge in [0.1, 0.15) is 6.54 Å². The van der Waals surface area contributed by atoms with Crippen LogP contribution < -0.4 is 10.9 Å². The van der Waals surface area contributed by atoms with Gasteiger partial charge in [-0.2, -0.15) is 0 Å². The van der Waals surface area contributed by atoms with Crippen LogP contribution in [0, 0.1) is 6.92 Å². The van der Waals surface area contributed by atoms with Crippen molar-refractivity contribution in [2.75, 3.05) is 6.54 Å². The first-order chi connectivity index (χ1) is 7.65. The predicted molar refractivity (Wildman–Crippen MR) is 63.4 cm³/mol. The van der Waals surface area contributed by atoms with Crippen molar-refractivity contribution < 1.29 is 4.79 Å². The van der Waals surface area contributed by atoms with Crippen LogP contribution in [0.25, 0.3) is 0 Å². The quantitative estimate of drug-likeness (QED) is 0.758.